The summed E-state index contributed by atoms with van der Waals surface area (Å²) >= 11 is 0. The van der Waals surface area contributed by atoms with Crippen LogP contribution >= 0.6 is 0 Å². The summed E-state index contributed by atoms with van der Waals surface area (Å²) in [4.78, 5) is 0. The summed E-state index contributed by atoms with van der Waals surface area (Å²) in [5.74, 6) is 0.645. The second kappa shape index (κ2) is 7.58. The molecule has 0 amide bonds. The van der Waals surface area contributed by atoms with Gasteiger partial charge in [-0.15, -0.1) is 10.5 Å². The van der Waals surface area contributed by atoms with E-state index in [1.807, 2.05) is 6.07 Å². The summed E-state index contributed by atoms with van der Waals surface area (Å²) in [5.41, 5.74) is 7.49. The van der Waals surface area contributed by atoms with Crippen LogP contribution in [0.25, 0.3) is 0 Å². The molecule has 1 aromatic rings. The van der Waals surface area contributed by atoms with Crippen LogP contribution in [-0.2, 0) is 0 Å². The lowest BCUT2D eigenvalue weighted by Crippen LogP contribution is -2.01. The first kappa shape index (κ1) is 14.6. The van der Waals surface area contributed by atoms with E-state index >= 15 is 0 Å². The van der Waals surface area contributed by atoms with E-state index in [9.17, 15) is 0 Å². The Hall–Kier alpha value is -1.38. The molecular formula is C18H26N3. The lowest BCUT2D eigenvalue weighted by atomic mass is 9.86. The molecule has 1 heterocycles. The zero-order chi connectivity index (χ0) is 14.3. The van der Waals surface area contributed by atoms with E-state index < -0.39 is 0 Å². The molecule has 0 saturated heterocycles. The van der Waals surface area contributed by atoms with E-state index in [1.54, 1.807) is 0 Å². The molecule has 1 radical (unpaired) electrons. The van der Waals surface area contributed by atoms with E-state index in [-0.39, 0.29) is 0 Å². The van der Waals surface area contributed by atoms with Gasteiger partial charge >= 0.3 is 0 Å². The highest BCUT2D eigenvalue weighted by atomic mass is 15.5. The third kappa shape index (κ3) is 3.84. The molecule has 0 spiro atoms. The van der Waals surface area contributed by atoms with Gasteiger partial charge in [-0.2, -0.15) is 0 Å². The van der Waals surface area contributed by atoms with Crippen molar-refractivity contribution in [2.45, 2.75) is 76.5 Å². The molecule has 21 heavy (non-hydrogen) atoms. The maximum Gasteiger partial charge on any atom is 0.119 e. The minimum absolute atomic E-state index is 0.645. The molecule has 0 bridgehead atoms. The van der Waals surface area contributed by atoms with Gasteiger partial charge in [0.2, 0.25) is 0 Å². The van der Waals surface area contributed by atoms with Crippen molar-refractivity contribution in [3.63, 3.8) is 0 Å². The minimum atomic E-state index is 0.645. The van der Waals surface area contributed by atoms with Crippen LogP contribution in [0.2, 0.25) is 0 Å². The van der Waals surface area contributed by atoms with Gasteiger partial charge in [-0.1, -0.05) is 69.9 Å². The number of hydrogen-bond acceptors (Lipinski definition) is 2. The molecule has 0 unspecified atom stereocenters. The summed E-state index contributed by atoms with van der Waals surface area (Å²) in [6.45, 7) is 0. The van der Waals surface area contributed by atoms with Crippen LogP contribution in [0.1, 0.15) is 82.1 Å². The maximum absolute atomic E-state index is 4.26. The smallest absolute Gasteiger partial charge is 0.119 e. The Morgan fingerprint density at radius 3 is 2.05 bits per heavy atom. The summed E-state index contributed by atoms with van der Waals surface area (Å²) in [5, 5.41) is 8.12. The number of rotatable bonds is 1. The van der Waals surface area contributed by atoms with Crippen molar-refractivity contribution in [3.05, 3.63) is 23.8 Å². The fourth-order valence-corrected chi connectivity index (χ4v) is 3.66. The SMILES string of the molecule is c1cc2c(c(C3CCCCCCCCCCC3)c1)N=N[N]2. The Bertz CT molecular complexity index is 469. The summed E-state index contributed by atoms with van der Waals surface area (Å²) in [7, 11) is 0. The van der Waals surface area contributed by atoms with Crippen molar-refractivity contribution in [3.8, 4) is 0 Å². The van der Waals surface area contributed by atoms with E-state index in [0.717, 1.165) is 11.4 Å². The van der Waals surface area contributed by atoms with Crippen LogP contribution in [0, 0.1) is 0 Å². The van der Waals surface area contributed by atoms with Crippen molar-refractivity contribution >= 4 is 11.4 Å². The van der Waals surface area contributed by atoms with Gasteiger partial charge in [0.05, 0.1) is 0 Å². The lowest BCUT2D eigenvalue weighted by molar-refractivity contribution is 0.468. The highest BCUT2D eigenvalue weighted by Crippen LogP contribution is 2.41. The highest BCUT2D eigenvalue weighted by Gasteiger charge is 2.20. The van der Waals surface area contributed by atoms with Crippen molar-refractivity contribution < 1.29 is 0 Å². The zero-order valence-electron chi connectivity index (χ0n) is 12.9. The van der Waals surface area contributed by atoms with E-state index in [0.29, 0.717) is 5.92 Å². The number of nitrogens with zero attached hydrogens (tertiary/aromatic N) is 3. The Morgan fingerprint density at radius 1 is 0.762 bits per heavy atom. The minimum Gasteiger partial charge on any atom is -0.128 e. The molecular weight excluding hydrogens is 258 g/mol. The maximum atomic E-state index is 4.26. The van der Waals surface area contributed by atoms with Gasteiger partial charge in [0.25, 0.3) is 0 Å². The molecule has 1 aliphatic heterocycles. The van der Waals surface area contributed by atoms with Crippen molar-refractivity contribution in [2.75, 3.05) is 0 Å². The Kier molecular flexibility index (Phi) is 5.25. The first-order chi connectivity index (χ1) is 10.4. The molecule has 113 valence electrons. The van der Waals surface area contributed by atoms with Crippen LogP contribution in [0.3, 0.4) is 0 Å². The Balaban J connectivity index is 1.71. The zero-order valence-corrected chi connectivity index (χ0v) is 12.9. The normalized spacial score (nSPS) is 21.1. The second-order valence-electron chi connectivity index (χ2n) is 6.46. The van der Waals surface area contributed by atoms with Gasteiger partial charge < -0.3 is 0 Å². The third-order valence-corrected chi connectivity index (χ3v) is 4.89. The summed E-state index contributed by atoms with van der Waals surface area (Å²) in [6.07, 6.45) is 15.2. The molecule has 2 aliphatic rings. The summed E-state index contributed by atoms with van der Waals surface area (Å²) in [6, 6.07) is 6.38. The standard InChI is InChI=1S/C18H26N3/c1-2-4-6-8-11-15(12-9-7-5-3-1)16-13-10-14-17-18(16)20-21-19-17/h10,13-15H,1-9,11-12H2. The monoisotopic (exact) mass is 284 g/mol. The van der Waals surface area contributed by atoms with Crippen LogP contribution < -0.4 is 5.43 Å². The van der Waals surface area contributed by atoms with Crippen molar-refractivity contribution in [2.24, 2.45) is 10.3 Å². The number of hydrogen-bond donors (Lipinski definition) is 0. The number of benzene rings is 1. The van der Waals surface area contributed by atoms with Gasteiger partial charge in [-0.3, -0.25) is 0 Å². The first-order valence-electron chi connectivity index (χ1n) is 8.70. The van der Waals surface area contributed by atoms with Gasteiger partial charge in [0.1, 0.15) is 11.4 Å². The van der Waals surface area contributed by atoms with Gasteiger partial charge in [-0.25, -0.2) is 0 Å². The van der Waals surface area contributed by atoms with Gasteiger partial charge in [0, 0.05) is 0 Å². The van der Waals surface area contributed by atoms with Crippen LogP contribution in [-0.4, -0.2) is 0 Å². The average molecular weight is 284 g/mol. The van der Waals surface area contributed by atoms with Gasteiger partial charge in [-0.05, 0) is 35.6 Å². The fraction of sp³-hybridized carbons (Fsp3) is 0.667. The first-order valence-corrected chi connectivity index (χ1v) is 8.70. The van der Waals surface area contributed by atoms with Crippen LogP contribution in [0.15, 0.2) is 28.5 Å². The van der Waals surface area contributed by atoms with E-state index in [2.05, 4.69) is 27.9 Å². The number of fused-ring (bicyclic) bond motifs is 1. The van der Waals surface area contributed by atoms with Crippen molar-refractivity contribution in [1.82, 2.24) is 5.43 Å². The predicted molar refractivity (Wildman–Crippen MR) is 86.3 cm³/mol. The van der Waals surface area contributed by atoms with Crippen LogP contribution in [0.5, 0.6) is 0 Å². The molecule has 3 heteroatoms. The molecule has 0 atom stereocenters. The van der Waals surface area contributed by atoms with Crippen LogP contribution in [0.4, 0.5) is 11.4 Å². The van der Waals surface area contributed by atoms with Crippen molar-refractivity contribution in [1.29, 1.82) is 0 Å². The summed E-state index contributed by atoms with van der Waals surface area (Å²) < 4.78 is 0. The Labute approximate surface area is 128 Å². The van der Waals surface area contributed by atoms with E-state index in [1.165, 1.54) is 76.2 Å². The molecule has 0 aromatic heterocycles. The molecule has 0 N–H and O–H groups in total. The largest absolute Gasteiger partial charge is 0.128 e. The topological polar surface area (TPSA) is 38.8 Å². The fourth-order valence-electron chi connectivity index (χ4n) is 3.66. The molecule has 1 aromatic carbocycles. The molecule has 1 aliphatic carbocycles. The third-order valence-electron chi connectivity index (χ3n) is 4.89. The molecule has 1 saturated carbocycles. The Morgan fingerprint density at radius 2 is 1.38 bits per heavy atom. The highest BCUT2D eigenvalue weighted by molar-refractivity contribution is 5.67. The predicted octanol–water partition coefficient (Wildman–Crippen LogP) is 6.32. The lowest BCUT2D eigenvalue weighted by Gasteiger charge is -2.19. The quantitative estimate of drug-likeness (QED) is 0.578. The molecule has 3 nitrogen and oxygen atoms in total. The van der Waals surface area contributed by atoms with Gasteiger partial charge in [0.15, 0.2) is 0 Å². The second-order valence-corrected chi connectivity index (χ2v) is 6.46. The average Bonchev–Trinajstić information content (AvgIpc) is 2.96. The van der Waals surface area contributed by atoms with E-state index in [4.69, 9.17) is 0 Å². The molecule has 3 rings (SSSR count). The molecule has 1 fully saturated rings.